The Kier molecular flexibility index (Phi) is 3.90. The molecule has 0 saturated heterocycles. The molecule has 0 radical (unpaired) electrons. The highest BCUT2D eigenvalue weighted by molar-refractivity contribution is 7.99. The molecule has 21 heavy (non-hydrogen) atoms. The molecule has 6 nitrogen and oxygen atoms in total. The average molecular weight is 300 g/mol. The maximum atomic E-state index is 9.42. The van der Waals surface area contributed by atoms with Crippen LogP contribution in [0.25, 0.3) is 0 Å². The van der Waals surface area contributed by atoms with E-state index in [0.29, 0.717) is 18.2 Å². The molecule has 1 aromatic carbocycles. The van der Waals surface area contributed by atoms with Crippen LogP contribution in [0.15, 0.2) is 35.5 Å². The molecule has 2 N–H and O–H groups in total. The second-order valence-electron chi connectivity index (χ2n) is 5.18. The topological polar surface area (TPSA) is 93.4 Å². The van der Waals surface area contributed by atoms with Crippen molar-refractivity contribution in [3.05, 3.63) is 35.9 Å². The summed E-state index contributed by atoms with van der Waals surface area (Å²) in [5.74, 6) is 0.700. The first-order chi connectivity index (χ1) is 10.2. The van der Waals surface area contributed by atoms with Crippen molar-refractivity contribution in [3.63, 3.8) is 0 Å². The maximum absolute atomic E-state index is 9.42. The van der Waals surface area contributed by atoms with Gasteiger partial charge in [-0.2, -0.15) is 5.26 Å². The van der Waals surface area contributed by atoms with Gasteiger partial charge in [-0.25, -0.2) is 4.68 Å². The lowest BCUT2D eigenvalue weighted by molar-refractivity contribution is 0.553. The number of hydrogen-bond donors (Lipinski definition) is 1. The second-order valence-corrected chi connectivity index (χ2v) is 6.25. The van der Waals surface area contributed by atoms with E-state index < -0.39 is 5.54 Å². The molecule has 1 aliphatic carbocycles. The minimum Gasteiger partial charge on any atom is -0.310 e. The minimum atomic E-state index is -0.966. The predicted octanol–water partition coefficient (Wildman–Crippen LogP) is 1.87. The Morgan fingerprint density at radius 1 is 1.38 bits per heavy atom. The van der Waals surface area contributed by atoms with Gasteiger partial charge in [0.15, 0.2) is 0 Å². The molecule has 1 saturated carbocycles. The molecule has 0 amide bonds. The Morgan fingerprint density at radius 2 is 2.14 bits per heavy atom. The van der Waals surface area contributed by atoms with Crippen LogP contribution >= 0.6 is 11.8 Å². The standard InChI is InChI=1S/C14H16N6S/c15-10-14(16,11-4-2-1-3-5-11)8-9-21-13-17-18-19-20(13)12-6-7-12/h1-5,12H,6-9,16H2. The molecule has 1 aromatic heterocycles. The van der Waals surface area contributed by atoms with Gasteiger partial charge < -0.3 is 5.73 Å². The summed E-state index contributed by atoms with van der Waals surface area (Å²) < 4.78 is 1.87. The van der Waals surface area contributed by atoms with Gasteiger partial charge in [0.25, 0.3) is 0 Å². The summed E-state index contributed by atoms with van der Waals surface area (Å²) in [5.41, 5.74) is 6.11. The van der Waals surface area contributed by atoms with E-state index in [1.54, 1.807) is 11.8 Å². The van der Waals surface area contributed by atoms with Crippen molar-refractivity contribution in [1.82, 2.24) is 20.2 Å². The highest BCUT2D eigenvalue weighted by Gasteiger charge is 2.29. The normalized spacial score (nSPS) is 17.1. The predicted molar refractivity (Wildman–Crippen MR) is 79.3 cm³/mol. The Morgan fingerprint density at radius 3 is 2.81 bits per heavy atom. The molecule has 1 aliphatic rings. The maximum Gasteiger partial charge on any atom is 0.209 e. The van der Waals surface area contributed by atoms with E-state index in [2.05, 4.69) is 21.6 Å². The van der Waals surface area contributed by atoms with E-state index in [9.17, 15) is 5.26 Å². The zero-order valence-corrected chi connectivity index (χ0v) is 12.3. The monoisotopic (exact) mass is 300 g/mol. The number of aromatic nitrogens is 4. The number of hydrogen-bond acceptors (Lipinski definition) is 6. The van der Waals surface area contributed by atoms with Crippen LogP contribution in [-0.4, -0.2) is 26.0 Å². The molecule has 1 atom stereocenters. The van der Waals surface area contributed by atoms with Gasteiger partial charge in [0.2, 0.25) is 5.16 Å². The summed E-state index contributed by atoms with van der Waals surface area (Å²) in [4.78, 5) is 0. The van der Waals surface area contributed by atoms with Crippen molar-refractivity contribution < 1.29 is 0 Å². The number of nitrogens with two attached hydrogens (primary N) is 1. The van der Waals surface area contributed by atoms with Crippen LogP contribution in [0.4, 0.5) is 0 Å². The third kappa shape index (κ3) is 3.06. The van der Waals surface area contributed by atoms with Crippen LogP contribution in [0.3, 0.4) is 0 Å². The van der Waals surface area contributed by atoms with Crippen LogP contribution < -0.4 is 5.73 Å². The summed E-state index contributed by atoms with van der Waals surface area (Å²) in [6.07, 6.45) is 2.83. The van der Waals surface area contributed by atoms with Crippen LogP contribution in [-0.2, 0) is 5.54 Å². The number of nitrogens with zero attached hydrogens (tertiary/aromatic N) is 5. The van der Waals surface area contributed by atoms with Crippen molar-refractivity contribution in [2.45, 2.75) is 36.0 Å². The van der Waals surface area contributed by atoms with Gasteiger partial charge in [-0.05, 0) is 35.3 Å². The SMILES string of the molecule is N#CC(N)(CCSc1nnnn1C1CC1)c1ccccc1. The summed E-state index contributed by atoms with van der Waals surface area (Å²) in [6.45, 7) is 0. The van der Waals surface area contributed by atoms with Crippen LogP contribution in [0, 0.1) is 11.3 Å². The molecule has 1 unspecified atom stereocenters. The fraction of sp³-hybridized carbons (Fsp3) is 0.429. The number of rotatable bonds is 6. The molecule has 2 aromatic rings. The number of tetrazole rings is 1. The first-order valence-electron chi connectivity index (χ1n) is 6.89. The highest BCUT2D eigenvalue weighted by Crippen LogP contribution is 2.36. The highest BCUT2D eigenvalue weighted by atomic mass is 32.2. The lowest BCUT2D eigenvalue weighted by Crippen LogP contribution is -2.35. The minimum absolute atomic E-state index is 0.454. The van der Waals surface area contributed by atoms with Gasteiger partial charge in [-0.15, -0.1) is 5.10 Å². The zero-order valence-electron chi connectivity index (χ0n) is 11.5. The van der Waals surface area contributed by atoms with E-state index in [4.69, 9.17) is 5.73 Å². The van der Waals surface area contributed by atoms with E-state index in [0.717, 1.165) is 23.6 Å². The number of benzene rings is 1. The molecule has 0 spiro atoms. The molecule has 0 aliphatic heterocycles. The summed E-state index contributed by atoms with van der Waals surface area (Å²) in [7, 11) is 0. The van der Waals surface area contributed by atoms with E-state index in [1.807, 2.05) is 35.0 Å². The molecule has 3 rings (SSSR count). The summed E-state index contributed by atoms with van der Waals surface area (Å²) >= 11 is 1.55. The van der Waals surface area contributed by atoms with Crippen molar-refractivity contribution in [1.29, 1.82) is 5.26 Å². The Bertz CT molecular complexity index is 645. The van der Waals surface area contributed by atoms with E-state index in [1.165, 1.54) is 0 Å². The Balaban J connectivity index is 1.63. The quantitative estimate of drug-likeness (QED) is 0.818. The first-order valence-corrected chi connectivity index (χ1v) is 7.88. The summed E-state index contributed by atoms with van der Waals surface area (Å²) in [5, 5.41) is 22.0. The molecular formula is C14H16N6S. The van der Waals surface area contributed by atoms with Gasteiger partial charge in [0, 0.05) is 5.75 Å². The Hall–Kier alpha value is -1.91. The fourth-order valence-corrected chi connectivity index (χ4v) is 3.15. The molecule has 1 heterocycles. The first kappa shape index (κ1) is 14.0. The van der Waals surface area contributed by atoms with Crippen LogP contribution in [0.2, 0.25) is 0 Å². The lowest BCUT2D eigenvalue weighted by atomic mass is 9.90. The molecular weight excluding hydrogens is 284 g/mol. The van der Waals surface area contributed by atoms with E-state index >= 15 is 0 Å². The van der Waals surface area contributed by atoms with Gasteiger partial charge in [-0.1, -0.05) is 42.1 Å². The van der Waals surface area contributed by atoms with Gasteiger partial charge >= 0.3 is 0 Å². The number of thioether (sulfide) groups is 1. The zero-order chi connectivity index (χ0) is 14.7. The van der Waals surface area contributed by atoms with Crippen molar-refractivity contribution in [2.24, 2.45) is 5.73 Å². The molecule has 108 valence electrons. The number of nitriles is 1. The fourth-order valence-electron chi connectivity index (χ4n) is 2.13. The Labute approximate surface area is 127 Å². The van der Waals surface area contributed by atoms with Crippen LogP contribution in [0.1, 0.15) is 30.9 Å². The van der Waals surface area contributed by atoms with Gasteiger partial charge in [0.05, 0.1) is 12.1 Å². The van der Waals surface area contributed by atoms with Crippen molar-refractivity contribution in [3.8, 4) is 6.07 Å². The van der Waals surface area contributed by atoms with Crippen molar-refractivity contribution in [2.75, 3.05) is 5.75 Å². The van der Waals surface area contributed by atoms with Gasteiger partial charge in [-0.3, -0.25) is 0 Å². The van der Waals surface area contributed by atoms with E-state index in [-0.39, 0.29) is 0 Å². The smallest absolute Gasteiger partial charge is 0.209 e. The lowest BCUT2D eigenvalue weighted by Gasteiger charge is -2.21. The third-order valence-electron chi connectivity index (χ3n) is 3.57. The summed E-state index contributed by atoms with van der Waals surface area (Å²) in [6, 6.07) is 12.2. The molecule has 7 heteroatoms. The average Bonchev–Trinajstić information content (AvgIpc) is 3.27. The molecule has 0 bridgehead atoms. The third-order valence-corrected chi connectivity index (χ3v) is 4.51. The second kappa shape index (κ2) is 5.84. The largest absolute Gasteiger partial charge is 0.310 e. The van der Waals surface area contributed by atoms with Crippen molar-refractivity contribution >= 4 is 11.8 Å². The molecule has 1 fully saturated rings. The van der Waals surface area contributed by atoms with Crippen LogP contribution in [0.5, 0.6) is 0 Å². The van der Waals surface area contributed by atoms with Gasteiger partial charge in [0.1, 0.15) is 5.54 Å².